The molecule has 2 unspecified atom stereocenters. The quantitative estimate of drug-likeness (QED) is 0.819. The lowest BCUT2D eigenvalue weighted by atomic mass is 10.1. The molecule has 4 heteroatoms. The largest absolute Gasteiger partial charge is 0.494 e. The molecule has 0 aromatic heterocycles. The van der Waals surface area contributed by atoms with E-state index in [4.69, 9.17) is 9.84 Å². The summed E-state index contributed by atoms with van der Waals surface area (Å²) in [5, 5.41) is 11.1. The summed E-state index contributed by atoms with van der Waals surface area (Å²) in [6, 6.07) is 7.93. The molecule has 16 heavy (non-hydrogen) atoms. The second kappa shape index (κ2) is 4.43. The van der Waals surface area contributed by atoms with Gasteiger partial charge in [0.15, 0.2) is 0 Å². The van der Waals surface area contributed by atoms with E-state index in [0.29, 0.717) is 12.5 Å². The van der Waals surface area contributed by atoms with E-state index < -0.39 is 6.09 Å². The summed E-state index contributed by atoms with van der Waals surface area (Å²) >= 11 is 0. The summed E-state index contributed by atoms with van der Waals surface area (Å²) in [6.07, 6.45) is -0.0567. The van der Waals surface area contributed by atoms with E-state index in [9.17, 15) is 4.79 Å². The van der Waals surface area contributed by atoms with E-state index in [0.717, 1.165) is 12.2 Å². The van der Waals surface area contributed by atoms with Gasteiger partial charge < -0.3 is 15.2 Å². The van der Waals surface area contributed by atoms with Crippen molar-refractivity contribution >= 4 is 6.09 Å². The maximum atomic E-state index is 10.4. The fourth-order valence-electron chi connectivity index (χ4n) is 1.86. The van der Waals surface area contributed by atoms with Crippen molar-refractivity contribution < 1.29 is 14.6 Å². The molecule has 1 aromatic rings. The third-order valence-corrected chi connectivity index (χ3v) is 2.72. The first kappa shape index (κ1) is 10.8. The molecule has 1 aliphatic rings. The van der Waals surface area contributed by atoms with E-state index in [2.05, 4.69) is 5.32 Å². The molecule has 0 saturated heterocycles. The maximum absolute atomic E-state index is 10.4. The Morgan fingerprint density at radius 3 is 2.75 bits per heavy atom. The monoisotopic (exact) mass is 221 g/mol. The van der Waals surface area contributed by atoms with Gasteiger partial charge in [0, 0.05) is 12.0 Å². The standard InChI is InChI=1S/C12H15NO3/c1-2-16-9-5-3-8(4-6-9)10-7-11(10)13-12(14)15/h3-6,10-11,13H,2,7H2,1H3,(H,14,15). The first-order valence-electron chi connectivity index (χ1n) is 5.43. The van der Waals surface area contributed by atoms with Crippen LogP contribution in [-0.2, 0) is 0 Å². The van der Waals surface area contributed by atoms with Crippen LogP contribution in [-0.4, -0.2) is 23.8 Å². The Morgan fingerprint density at radius 2 is 2.19 bits per heavy atom. The molecule has 1 aromatic carbocycles. The number of hydrogen-bond acceptors (Lipinski definition) is 2. The number of benzene rings is 1. The van der Waals surface area contributed by atoms with Crippen LogP contribution in [0.2, 0.25) is 0 Å². The zero-order valence-corrected chi connectivity index (χ0v) is 9.14. The normalized spacial score (nSPS) is 22.6. The average molecular weight is 221 g/mol. The van der Waals surface area contributed by atoms with Gasteiger partial charge in [0.25, 0.3) is 0 Å². The highest BCUT2D eigenvalue weighted by atomic mass is 16.5. The number of ether oxygens (including phenoxy) is 1. The van der Waals surface area contributed by atoms with Gasteiger partial charge in [-0.1, -0.05) is 12.1 Å². The predicted molar refractivity (Wildman–Crippen MR) is 59.9 cm³/mol. The minimum absolute atomic E-state index is 0.0791. The first-order chi connectivity index (χ1) is 7.70. The highest BCUT2D eigenvalue weighted by Gasteiger charge is 2.39. The lowest BCUT2D eigenvalue weighted by molar-refractivity contribution is 0.193. The lowest BCUT2D eigenvalue weighted by Gasteiger charge is -2.04. The van der Waals surface area contributed by atoms with Crippen molar-refractivity contribution in [2.75, 3.05) is 6.61 Å². The molecule has 1 saturated carbocycles. The van der Waals surface area contributed by atoms with Crippen LogP contribution in [0.3, 0.4) is 0 Å². The molecule has 0 aliphatic heterocycles. The Kier molecular flexibility index (Phi) is 2.99. The molecule has 1 amide bonds. The number of amides is 1. The smallest absolute Gasteiger partial charge is 0.404 e. The molecule has 1 aliphatic carbocycles. The van der Waals surface area contributed by atoms with Gasteiger partial charge in [-0.3, -0.25) is 0 Å². The third kappa shape index (κ3) is 2.45. The predicted octanol–water partition coefficient (Wildman–Crippen LogP) is 2.21. The highest BCUT2D eigenvalue weighted by molar-refractivity contribution is 5.65. The zero-order valence-electron chi connectivity index (χ0n) is 9.14. The van der Waals surface area contributed by atoms with Gasteiger partial charge in [-0.2, -0.15) is 0 Å². The lowest BCUT2D eigenvalue weighted by Crippen LogP contribution is -2.24. The summed E-state index contributed by atoms with van der Waals surface area (Å²) in [7, 11) is 0. The molecule has 0 radical (unpaired) electrons. The summed E-state index contributed by atoms with van der Waals surface area (Å²) < 4.78 is 5.34. The molecule has 2 N–H and O–H groups in total. The number of rotatable bonds is 4. The van der Waals surface area contributed by atoms with Crippen LogP contribution in [0, 0.1) is 0 Å². The van der Waals surface area contributed by atoms with Crippen LogP contribution in [0.25, 0.3) is 0 Å². The van der Waals surface area contributed by atoms with Crippen LogP contribution in [0.4, 0.5) is 4.79 Å². The van der Waals surface area contributed by atoms with Crippen LogP contribution in [0.1, 0.15) is 24.8 Å². The Labute approximate surface area is 94.2 Å². The van der Waals surface area contributed by atoms with Crippen molar-refractivity contribution in [2.24, 2.45) is 0 Å². The second-order valence-electron chi connectivity index (χ2n) is 3.90. The molecule has 0 heterocycles. The summed E-state index contributed by atoms with van der Waals surface area (Å²) in [6.45, 7) is 2.60. The van der Waals surface area contributed by atoms with Gasteiger partial charge in [-0.05, 0) is 31.0 Å². The Balaban J connectivity index is 1.94. The van der Waals surface area contributed by atoms with Crippen molar-refractivity contribution in [3.8, 4) is 5.75 Å². The van der Waals surface area contributed by atoms with E-state index in [1.54, 1.807) is 0 Å². The van der Waals surface area contributed by atoms with Crippen molar-refractivity contribution in [3.05, 3.63) is 29.8 Å². The van der Waals surface area contributed by atoms with Gasteiger partial charge in [-0.25, -0.2) is 4.79 Å². The van der Waals surface area contributed by atoms with Crippen molar-refractivity contribution in [1.29, 1.82) is 0 Å². The molecule has 86 valence electrons. The fraction of sp³-hybridized carbons (Fsp3) is 0.417. The van der Waals surface area contributed by atoms with Crippen LogP contribution < -0.4 is 10.1 Å². The number of carboxylic acid groups (broad SMARTS) is 1. The Bertz CT molecular complexity index is 374. The zero-order chi connectivity index (χ0) is 11.5. The number of hydrogen-bond donors (Lipinski definition) is 2. The van der Waals surface area contributed by atoms with Crippen LogP contribution in [0.5, 0.6) is 5.75 Å². The highest BCUT2D eigenvalue weighted by Crippen LogP contribution is 2.41. The summed E-state index contributed by atoms with van der Waals surface area (Å²) in [5.74, 6) is 1.18. The Morgan fingerprint density at radius 1 is 1.50 bits per heavy atom. The minimum atomic E-state index is -0.946. The molecule has 2 rings (SSSR count). The van der Waals surface area contributed by atoms with Gasteiger partial charge in [-0.15, -0.1) is 0 Å². The molecule has 1 fully saturated rings. The molecular formula is C12H15NO3. The SMILES string of the molecule is CCOc1ccc(C2CC2NC(=O)O)cc1. The van der Waals surface area contributed by atoms with Gasteiger partial charge in [0.05, 0.1) is 6.61 Å². The molecule has 0 bridgehead atoms. The van der Waals surface area contributed by atoms with E-state index in [1.807, 2.05) is 31.2 Å². The average Bonchev–Trinajstić information content (AvgIpc) is 2.98. The maximum Gasteiger partial charge on any atom is 0.404 e. The minimum Gasteiger partial charge on any atom is -0.494 e. The van der Waals surface area contributed by atoms with Gasteiger partial charge in [0.1, 0.15) is 5.75 Å². The van der Waals surface area contributed by atoms with Gasteiger partial charge >= 0.3 is 6.09 Å². The van der Waals surface area contributed by atoms with Crippen LogP contribution in [0.15, 0.2) is 24.3 Å². The molecule has 4 nitrogen and oxygen atoms in total. The van der Waals surface area contributed by atoms with Crippen LogP contribution >= 0.6 is 0 Å². The second-order valence-corrected chi connectivity index (χ2v) is 3.90. The topological polar surface area (TPSA) is 58.6 Å². The fourth-order valence-corrected chi connectivity index (χ4v) is 1.86. The van der Waals surface area contributed by atoms with Gasteiger partial charge in [0.2, 0.25) is 0 Å². The summed E-state index contributed by atoms with van der Waals surface area (Å²) in [4.78, 5) is 10.4. The Hall–Kier alpha value is -1.71. The van der Waals surface area contributed by atoms with Crippen molar-refractivity contribution in [3.63, 3.8) is 0 Å². The van der Waals surface area contributed by atoms with E-state index >= 15 is 0 Å². The van der Waals surface area contributed by atoms with Crippen molar-refractivity contribution in [1.82, 2.24) is 5.32 Å². The van der Waals surface area contributed by atoms with Crippen molar-refractivity contribution in [2.45, 2.75) is 25.3 Å². The number of nitrogens with one attached hydrogen (secondary N) is 1. The van der Waals surface area contributed by atoms with E-state index in [1.165, 1.54) is 5.56 Å². The number of carbonyl (C=O) groups is 1. The first-order valence-corrected chi connectivity index (χ1v) is 5.43. The molecule has 2 atom stereocenters. The molecule has 0 spiro atoms. The summed E-state index contributed by atoms with van der Waals surface area (Å²) in [5.41, 5.74) is 1.17. The van der Waals surface area contributed by atoms with E-state index in [-0.39, 0.29) is 6.04 Å². The third-order valence-electron chi connectivity index (χ3n) is 2.72. The molecular weight excluding hydrogens is 206 g/mol.